The van der Waals surface area contributed by atoms with Crippen LogP contribution >= 0.6 is 12.2 Å². The van der Waals surface area contributed by atoms with E-state index in [-0.39, 0.29) is 12.2 Å². The molecule has 1 aliphatic rings. The lowest BCUT2D eigenvalue weighted by Crippen LogP contribution is -3.14. The lowest BCUT2D eigenvalue weighted by molar-refractivity contribution is -0.937. The van der Waals surface area contributed by atoms with Gasteiger partial charge in [-0.3, -0.25) is 0 Å². The van der Waals surface area contributed by atoms with Gasteiger partial charge in [-0.15, -0.1) is 5.10 Å². The van der Waals surface area contributed by atoms with Crippen molar-refractivity contribution in [2.45, 2.75) is 39.6 Å². The minimum atomic E-state index is 0.261. The van der Waals surface area contributed by atoms with Crippen LogP contribution in [-0.2, 0) is 11.4 Å². The standard InChI is InChI=1S/C16H21N3O2S/c1-11-4-6-14(7-5-11)15-17-19(16(22)21-15)10-18-8-12(2)20-13(3)9-18/h4-7,12-13H,8-10H2,1-3H3/p+1/t12-,13-/m1/s1. The summed E-state index contributed by atoms with van der Waals surface area (Å²) in [5.74, 6) is 0.582. The molecule has 0 radical (unpaired) electrons. The zero-order chi connectivity index (χ0) is 15.7. The number of nitrogens with one attached hydrogen (secondary N) is 1. The number of ether oxygens (including phenoxy) is 1. The molecule has 0 unspecified atom stereocenters. The number of hydrogen-bond acceptors (Lipinski definition) is 4. The largest absolute Gasteiger partial charge is 0.409 e. The summed E-state index contributed by atoms with van der Waals surface area (Å²) in [5, 5.41) is 4.54. The molecule has 0 aliphatic carbocycles. The molecule has 2 atom stereocenters. The Balaban J connectivity index is 1.78. The van der Waals surface area contributed by atoms with E-state index in [4.69, 9.17) is 21.4 Å². The summed E-state index contributed by atoms with van der Waals surface area (Å²) < 4.78 is 13.2. The summed E-state index contributed by atoms with van der Waals surface area (Å²) in [6.45, 7) is 8.90. The SMILES string of the molecule is Cc1ccc(-c2nn(C[NH+]3C[C@@H](C)O[C@H](C)C3)c(=S)o2)cc1. The average Bonchev–Trinajstić information content (AvgIpc) is 2.80. The highest BCUT2D eigenvalue weighted by Gasteiger charge is 2.26. The number of hydrogen-bond donors (Lipinski definition) is 1. The van der Waals surface area contributed by atoms with E-state index in [0.29, 0.717) is 17.4 Å². The summed E-state index contributed by atoms with van der Waals surface area (Å²) in [4.78, 5) is 1.83. The second-order valence-electron chi connectivity index (χ2n) is 6.11. The molecule has 1 aliphatic heterocycles. The van der Waals surface area contributed by atoms with E-state index in [1.165, 1.54) is 10.5 Å². The number of aromatic nitrogens is 2. The van der Waals surface area contributed by atoms with Gasteiger partial charge in [0.1, 0.15) is 25.3 Å². The number of benzene rings is 1. The predicted molar refractivity (Wildman–Crippen MR) is 86.2 cm³/mol. The third-order valence-electron chi connectivity index (χ3n) is 3.90. The molecule has 1 fully saturated rings. The van der Waals surface area contributed by atoms with E-state index in [9.17, 15) is 0 Å². The minimum absolute atomic E-state index is 0.261. The van der Waals surface area contributed by atoms with Crippen LogP contribution < -0.4 is 4.90 Å². The van der Waals surface area contributed by atoms with E-state index >= 15 is 0 Å². The van der Waals surface area contributed by atoms with Crippen LogP contribution in [0.3, 0.4) is 0 Å². The molecular weight excluding hydrogens is 298 g/mol. The van der Waals surface area contributed by atoms with Crippen molar-refractivity contribution in [3.63, 3.8) is 0 Å². The molecule has 0 spiro atoms. The molecule has 1 aromatic carbocycles. The third-order valence-corrected chi connectivity index (χ3v) is 4.19. The minimum Gasteiger partial charge on any atom is -0.409 e. The Hall–Kier alpha value is -1.50. The van der Waals surface area contributed by atoms with Crippen molar-refractivity contribution >= 4 is 12.2 Å². The number of nitrogens with zero attached hydrogens (tertiary/aromatic N) is 2. The topological polar surface area (TPSA) is 44.6 Å². The van der Waals surface area contributed by atoms with Gasteiger partial charge in [-0.05, 0) is 45.1 Å². The second kappa shape index (κ2) is 6.32. The number of morpholine rings is 1. The second-order valence-corrected chi connectivity index (χ2v) is 6.46. The summed E-state index contributed by atoms with van der Waals surface area (Å²) in [5.41, 5.74) is 2.16. The van der Waals surface area contributed by atoms with Crippen LogP contribution in [0.25, 0.3) is 11.5 Å². The molecule has 0 bridgehead atoms. The molecular formula is C16H22N3O2S+. The normalized spacial score (nSPS) is 25.3. The zero-order valence-electron chi connectivity index (χ0n) is 13.2. The summed E-state index contributed by atoms with van der Waals surface area (Å²) in [7, 11) is 0. The van der Waals surface area contributed by atoms with Crippen molar-refractivity contribution in [1.82, 2.24) is 9.78 Å². The van der Waals surface area contributed by atoms with E-state index in [1.54, 1.807) is 4.68 Å². The number of rotatable bonds is 3. The van der Waals surface area contributed by atoms with Gasteiger partial charge in [-0.2, -0.15) is 4.68 Å². The molecule has 0 amide bonds. The van der Waals surface area contributed by atoms with Crippen LogP contribution in [0, 0.1) is 11.8 Å². The van der Waals surface area contributed by atoms with Gasteiger partial charge in [0.2, 0.25) is 5.89 Å². The molecule has 0 saturated carbocycles. The van der Waals surface area contributed by atoms with Gasteiger partial charge in [0.25, 0.3) is 4.84 Å². The highest BCUT2D eigenvalue weighted by Crippen LogP contribution is 2.17. The van der Waals surface area contributed by atoms with Crippen LogP contribution in [0.15, 0.2) is 28.7 Å². The Bertz CT molecular complexity index is 682. The Kier molecular flexibility index (Phi) is 4.42. The van der Waals surface area contributed by atoms with E-state index in [0.717, 1.165) is 18.7 Å². The lowest BCUT2D eigenvalue weighted by Gasteiger charge is -2.31. The van der Waals surface area contributed by atoms with Crippen LogP contribution in [0.5, 0.6) is 0 Å². The van der Waals surface area contributed by atoms with E-state index in [2.05, 4.69) is 25.9 Å². The summed E-state index contributed by atoms with van der Waals surface area (Å²) in [6.07, 6.45) is 0.521. The van der Waals surface area contributed by atoms with Crippen LogP contribution in [0.4, 0.5) is 0 Å². The molecule has 22 heavy (non-hydrogen) atoms. The fraction of sp³-hybridized carbons (Fsp3) is 0.500. The van der Waals surface area contributed by atoms with Gasteiger partial charge in [0, 0.05) is 5.56 Å². The van der Waals surface area contributed by atoms with Gasteiger partial charge in [-0.1, -0.05) is 17.7 Å². The first-order chi connectivity index (χ1) is 10.5. The molecule has 1 aromatic heterocycles. The predicted octanol–water partition coefficient (Wildman–Crippen LogP) is 1.83. The van der Waals surface area contributed by atoms with Crippen molar-refractivity contribution in [2.24, 2.45) is 0 Å². The van der Waals surface area contributed by atoms with Gasteiger partial charge in [0.15, 0.2) is 6.67 Å². The van der Waals surface area contributed by atoms with Crippen molar-refractivity contribution in [2.75, 3.05) is 13.1 Å². The molecule has 1 N–H and O–H groups in total. The van der Waals surface area contributed by atoms with Crippen molar-refractivity contribution in [1.29, 1.82) is 0 Å². The van der Waals surface area contributed by atoms with Crippen molar-refractivity contribution in [3.8, 4) is 11.5 Å². The first-order valence-electron chi connectivity index (χ1n) is 7.65. The maximum atomic E-state index is 5.77. The summed E-state index contributed by atoms with van der Waals surface area (Å²) >= 11 is 5.32. The van der Waals surface area contributed by atoms with Crippen molar-refractivity contribution < 1.29 is 14.1 Å². The Labute approximate surface area is 135 Å². The van der Waals surface area contributed by atoms with Gasteiger partial charge < -0.3 is 14.1 Å². The maximum Gasteiger partial charge on any atom is 0.292 e. The monoisotopic (exact) mass is 320 g/mol. The molecule has 5 nitrogen and oxygen atoms in total. The Morgan fingerprint density at radius 1 is 1.23 bits per heavy atom. The van der Waals surface area contributed by atoms with Gasteiger partial charge in [0.05, 0.1) is 0 Å². The molecule has 2 aromatic rings. The van der Waals surface area contributed by atoms with Gasteiger partial charge >= 0.3 is 0 Å². The maximum absolute atomic E-state index is 5.77. The van der Waals surface area contributed by atoms with Crippen molar-refractivity contribution in [3.05, 3.63) is 34.7 Å². The van der Waals surface area contributed by atoms with Crippen LogP contribution in [0.1, 0.15) is 19.4 Å². The Morgan fingerprint density at radius 2 is 1.86 bits per heavy atom. The van der Waals surface area contributed by atoms with E-state index in [1.807, 2.05) is 24.3 Å². The fourth-order valence-electron chi connectivity index (χ4n) is 2.95. The highest BCUT2D eigenvalue weighted by atomic mass is 32.1. The van der Waals surface area contributed by atoms with Crippen LogP contribution in [0.2, 0.25) is 0 Å². The molecule has 3 rings (SSSR count). The number of aryl methyl sites for hydroxylation is 1. The van der Waals surface area contributed by atoms with Crippen LogP contribution in [-0.4, -0.2) is 35.1 Å². The molecule has 1 saturated heterocycles. The lowest BCUT2D eigenvalue weighted by atomic mass is 10.1. The molecule has 2 heterocycles. The third kappa shape index (κ3) is 3.45. The van der Waals surface area contributed by atoms with Gasteiger partial charge in [-0.25, -0.2) is 0 Å². The first kappa shape index (κ1) is 15.4. The Morgan fingerprint density at radius 3 is 2.50 bits per heavy atom. The fourth-order valence-corrected chi connectivity index (χ4v) is 3.13. The highest BCUT2D eigenvalue weighted by molar-refractivity contribution is 7.71. The smallest absolute Gasteiger partial charge is 0.292 e. The molecule has 6 heteroatoms. The summed E-state index contributed by atoms with van der Waals surface area (Å²) in [6, 6.07) is 8.10. The first-order valence-corrected chi connectivity index (χ1v) is 8.06. The average molecular weight is 320 g/mol. The molecule has 118 valence electrons. The zero-order valence-corrected chi connectivity index (χ0v) is 14.0. The van der Waals surface area contributed by atoms with E-state index < -0.39 is 0 Å². The number of quaternary nitrogens is 1. The quantitative estimate of drug-likeness (QED) is 0.877.